The topological polar surface area (TPSA) is 99.6 Å². The summed E-state index contributed by atoms with van der Waals surface area (Å²) in [5, 5.41) is 3.29. The van der Waals surface area contributed by atoms with E-state index >= 15 is 0 Å². The Balaban J connectivity index is 1.45. The van der Waals surface area contributed by atoms with Crippen LogP contribution in [-0.4, -0.2) is 42.2 Å². The zero-order chi connectivity index (χ0) is 29.8. The van der Waals surface area contributed by atoms with Gasteiger partial charge in [-0.15, -0.1) is 0 Å². The smallest absolute Gasteiger partial charge is 0.338 e. The molecule has 1 unspecified atom stereocenters. The predicted molar refractivity (Wildman–Crippen MR) is 163 cm³/mol. The lowest BCUT2D eigenvalue weighted by Gasteiger charge is -2.15. The average Bonchev–Trinajstić information content (AvgIpc) is 3.02. The van der Waals surface area contributed by atoms with Gasteiger partial charge in [-0.1, -0.05) is 17.7 Å². The van der Waals surface area contributed by atoms with Crippen LogP contribution in [-0.2, 0) is 9.53 Å². The Morgan fingerprint density at radius 2 is 1.36 bits per heavy atom. The molecule has 5 aromatic rings. The first-order valence-corrected chi connectivity index (χ1v) is 13.5. The van der Waals surface area contributed by atoms with Crippen molar-refractivity contribution in [3.63, 3.8) is 0 Å². The average molecular weight is 582 g/mol. The Morgan fingerprint density at radius 3 is 1.93 bits per heavy atom. The van der Waals surface area contributed by atoms with E-state index in [2.05, 4.69) is 5.32 Å². The molecule has 1 heterocycles. The number of nitrogens with one attached hydrogen (secondary N) is 1. The van der Waals surface area contributed by atoms with Gasteiger partial charge in [-0.25, -0.2) is 14.8 Å². The minimum atomic E-state index is -1.05. The van der Waals surface area contributed by atoms with Crippen molar-refractivity contribution in [3.05, 3.63) is 101 Å². The molecular formula is C33H28ClN3O5. The molecule has 0 aliphatic carbocycles. The largest absolute Gasteiger partial charge is 0.497 e. The van der Waals surface area contributed by atoms with Gasteiger partial charge in [0, 0.05) is 21.8 Å². The zero-order valence-corrected chi connectivity index (χ0v) is 24.2. The fraction of sp³-hybridized carbons (Fsp3) is 0.152. The molecule has 0 aliphatic heterocycles. The summed E-state index contributed by atoms with van der Waals surface area (Å²) in [5.74, 6) is 0.314. The number of ether oxygens (including phenoxy) is 3. The van der Waals surface area contributed by atoms with Crippen LogP contribution in [0.1, 0.15) is 22.8 Å². The molecule has 0 fully saturated rings. The summed E-state index contributed by atoms with van der Waals surface area (Å²) in [4.78, 5) is 35.6. The lowest BCUT2D eigenvalue weighted by Crippen LogP contribution is -2.30. The molecular weight excluding hydrogens is 554 g/mol. The molecule has 1 amide bonds. The Morgan fingerprint density at radius 1 is 0.786 bits per heavy atom. The molecule has 9 heteroatoms. The molecule has 8 nitrogen and oxygen atoms in total. The van der Waals surface area contributed by atoms with Crippen LogP contribution in [0.15, 0.2) is 84.9 Å². The molecule has 1 N–H and O–H groups in total. The number of hydrogen-bond donors (Lipinski definition) is 1. The maximum absolute atomic E-state index is 13.1. The van der Waals surface area contributed by atoms with Gasteiger partial charge in [0.05, 0.1) is 42.2 Å². The zero-order valence-electron chi connectivity index (χ0n) is 23.5. The molecule has 5 rings (SSSR count). The SMILES string of the molecule is COc1ccc(-c2nc3ccc(C(=O)OC(C)C(=O)Nc4cccc(Cl)c4C)cc3nc2-c2ccc(OC)cc2)cc1. The van der Waals surface area contributed by atoms with Crippen molar-refractivity contribution in [1.82, 2.24) is 9.97 Å². The molecule has 0 saturated heterocycles. The fourth-order valence-electron chi connectivity index (χ4n) is 4.34. The Labute approximate surface area is 248 Å². The van der Waals surface area contributed by atoms with Gasteiger partial charge in [0.15, 0.2) is 6.10 Å². The number of fused-ring (bicyclic) bond motifs is 1. The van der Waals surface area contributed by atoms with E-state index in [-0.39, 0.29) is 5.56 Å². The number of esters is 1. The highest BCUT2D eigenvalue weighted by atomic mass is 35.5. The number of rotatable bonds is 8. The van der Waals surface area contributed by atoms with Crippen molar-refractivity contribution in [2.24, 2.45) is 0 Å². The van der Waals surface area contributed by atoms with Crippen LogP contribution in [0, 0.1) is 6.92 Å². The minimum absolute atomic E-state index is 0.244. The summed E-state index contributed by atoms with van der Waals surface area (Å²) in [6, 6.07) is 25.2. The van der Waals surface area contributed by atoms with Gasteiger partial charge in [-0.3, -0.25) is 4.79 Å². The van der Waals surface area contributed by atoms with Crippen LogP contribution in [0.3, 0.4) is 0 Å². The highest BCUT2D eigenvalue weighted by Crippen LogP contribution is 2.33. The van der Waals surface area contributed by atoms with Crippen LogP contribution in [0.5, 0.6) is 11.5 Å². The van der Waals surface area contributed by atoms with Crippen molar-refractivity contribution in [3.8, 4) is 34.0 Å². The van der Waals surface area contributed by atoms with Gasteiger partial charge in [0.1, 0.15) is 11.5 Å². The molecule has 1 atom stereocenters. The van der Waals surface area contributed by atoms with E-state index in [0.717, 1.165) is 22.4 Å². The highest BCUT2D eigenvalue weighted by Gasteiger charge is 2.21. The van der Waals surface area contributed by atoms with Gasteiger partial charge in [-0.05, 0) is 98.3 Å². The number of hydrogen-bond acceptors (Lipinski definition) is 7. The first kappa shape index (κ1) is 28.6. The van der Waals surface area contributed by atoms with E-state index in [1.807, 2.05) is 48.5 Å². The van der Waals surface area contributed by atoms with Gasteiger partial charge in [-0.2, -0.15) is 0 Å². The molecule has 0 radical (unpaired) electrons. The molecule has 0 aliphatic rings. The quantitative estimate of drug-likeness (QED) is 0.195. The van der Waals surface area contributed by atoms with Gasteiger partial charge < -0.3 is 19.5 Å². The lowest BCUT2D eigenvalue weighted by atomic mass is 10.0. The number of amides is 1. The first-order chi connectivity index (χ1) is 20.3. The van der Waals surface area contributed by atoms with Crippen molar-refractivity contribution in [1.29, 1.82) is 0 Å². The molecule has 0 bridgehead atoms. The van der Waals surface area contributed by atoms with Crippen molar-refractivity contribution < 1.29 is 23.8 Å². The Hall–Kier alpha value is -4.95. The molecule has 0 saturated carbocycles. The van der Waals surface area contributed by atoms with E-state index in [1.165, 1.54) is 6.92 Å². The maximum atomic E-state index is 13.1. The maximum Gasteiger partial charge on any atom is 0.338 e. The van der Waals surface area contributed by atoms with E-state index < -0.39 is 18.0 Å². The normalized spacial score (nSPS) is 11.5. The van der Waals surface area contributed by atoms with Crippen molar-refractivity contribution >= 4 is 40.2 Å². The van der Waals surface area contributed by atoms with Crippen LogP contribution in [0.25, 0.3) is 33.5 Å². The van der Waals surface area contributed by atoms with E-state index in [0.29, 0.717) is 38.9 Å². The lowest BCUT2D eigenvalue weighted by molar-refractivity contribution is -0.123. The van der Waals surface area contributed by atoms with Gasteiger partial charge in [0.25, 0.3) is 5.91 Å². The van der Waals surface area contributed by atoms with E-state index in [4.69, 9.17) is 35.8 Å². The number of anilines is 1. The van der Waals surface area contributed by atoms with Crippen LogP contribution < -0.4 is 14.8 Å². The monoisotopic (exact) mass is 581 g/mol. The number of aromatic nitrogens is 2. The fourth-order valence-corrected chi connectivity index (χ4v) is 4.52. The summed E-state index contributed by atoms with van der Waals surface area (Å²) in [6.45, 7) is 3.31. The molecule has 0 spiro atoms. The van der Waals surface area contributed by atoms with Crippen molar-refractivity contribution in [2.75, 3.05) is 19.5 Å². The number of carbonyl (C=O) groups is 2. The standard InChI is InChI=1S/C33H28ClN3O5/c1-19-26(34)6-5-7-27(19)37-32(38)20(2)42-33(39)23-12-17-28-29(18-23)36-31(22-10-15-25(41-4)16-11-22)30(35-28)21-8-13-24(40-3)14-9-21/h5-18,20H,1-4H3,(H,37,38). The molecule has 4 aromatic carbocycles. The van der Waals surface area contributed by atoms with E-state index in [1.54, 1.807) is 57.5 Å². The number of nitrogens with zero attached hydrogens (tertiary/aromatic N) is 2. The Kier molecular flexibility index (Phi) is 8.36. The van der Waals surface area contributed by atoms with Gasteiger partial charge >= 0.3 is 5.97 Å². The summed E-state index contributed by atoms with van der Waals surface area (Å²) in [6.07, 6.45) is -1.05. The summed E-state index contributed by atoms with van der Waals surface area (Å²) in [5.41, 5.74) is 5.60. The van der Waals surface area contributed by atoms with Gasteiger partial charge in [0.2, 0.25) is 0 Å². The second-order valence-corrected chi connectivity index (χ2v) is 9.94. The van der Waals surface area contributed by atoms with E-state index in [9.17, 15) is 9.59 Å². The molecule has 42 heavy (non-hydrogen) atoms. The van der Waals surface area contributed by atoms with Crippen LogP contribution in [0.4, 0.5) is 5.69 Å². The summed E-state index contributed by atoms with van der Waals surface area (Å²) < 4.78 is 16.1. The first-order valence-electron chi connectivity index (χ1n) is 13.1. The number of carbonyl (C=O) groups excluding carboxylic acids is 2. The second-order valence-electron chi connectivity index (χ2n) is 9.53. The number of halogens is 1. The minimum Gasteiger partial charge on any atom is -0.497 e. The van der Waals surface area contributed by atoms with Crippen LogP contribution >= 0.6 is 11.6 Å². The summed E-state index contributed by atoms with van der Waals surface area (Å²) >= 11 is 6.15. The third-order valence-corrected chi connectivity index (χ3v) is 7.21. The second kappa shape index (κ2) is 12.3. The number of benzene rings is 4. The third-order valence-electron chi connectivity index (χ3n) is 6.81. The Bertz CT molecular complexity index is 1770. The van der Waals surface area contributed by atoms with Crippen molar-refractivity contribution in [2.45, 2.75) is 20.0 Å². The van der Waals surface area contributed by atoms with Crippen LogP contribution in [0.2, 0.25) is 5.02 Å². The summed E-state index contributed by atoms with van der Waals surface area (Å²) in [7, 11) is 3.22. The predicted octanol–water partition coefficient (Wildman–Crippen LogP) is 7.13. The highest BCUT2D eigenvalue weighted by molar-refractivity contribution is 6.31. The molecule has 1 aromatic heterocycles. The third kappa shape index (κ3) is 6.04. The molecule has 212 valence electrons. The number of methoxy groups -OCH3 is 2.